The van der Waals surface area contributed by atoms with Crippen LogP contribution < -0.4 is 15.4 Å². The Hall–Kier alpha value is -0.830. The second-order valence-electron chi connectivity index (χ2n) is 8.22. The van der Waals surface area contributed by atoms with Crippen molar-refractivity contribution in [1.29, 1.82) is 0 Å². The number of nitrogens with zero attached hydrogens (tertiary/aromatic N) is 1. The number of halogens is 1. The van der Waals surface area contributed by atoms with Crippen molar-refractivity contribution in [2.24, 2.45) is 4.99 Å². The fourth-order valence-corrected chi connectivity index (χ4v) is 3.83. The van der Waals surface area contributed by atoms with E-state index < -0.39 is 10.8 Å². The molecule has 0 saturated heterocycles. The maximum Gasteiger partial charge on any atom is 0.191 e. The lowest BCUT2D eigenvalue weighted by atomic mass is 9.90. The van der Waals surface area contributed by atoms with Gasteiger partial charge >= 0.3 is 0 Å². The quantitative estimate of drug-likeness (QED) is 0.359. The zero-order chi connectivity index (χ0) is 19.4. The van der Waals surface area contributed by atoms with E-state index in [0.717, 1.165) is 30.2 Å². The van der Waals surface area contributed by atoms with Gasteiger partial charge in [0.15, 0.2) is 5.96 Å². The highest BCUT2D eigenvalue weighted by Crippen LogP contribution is 2.39. The Bertz CT molecular complexity index is 671. The Morgan fingerprint density at radius 3 is 2.63 bits per heavy atom. The van der Waals surface area contributed by atoms with Crippen LogP contribution in [0.5, 0.6) is 5.75 Å². The van der Waals surface area contributed by atoms with Gasteiger partial charge in [-0.25, -0.2) is 0 Å². The SMILES string of the molecule is CCNC(=NCCS(=O)C(C)(C)C)NC1CC(C)(C)Oc2ccccc21.I. The maximum absolute atomic E-state index is 12.2. The number of ether oxygens (including phenoxy) is 1. The predicted octanol–water partition coefficient (Wildman–Crippen LogP) is 4.01. The lowest BCUT2D eigenvalue weighted by Crippen LogP contribution is -2.45. The molecule has 1 aromatic rings. The van der Waals surface area contributed by atoms with Crippen molar-refractivity contribution in [3.8, 4) is 5.75 Å². The topological polar surface area (TPSA) is 62.7 Å². The molecule has 27 heavy (non-hydrogen) atoms. The Morgan fingerprint density at radius 2 is 2.00 bits per heavy atom. The van der Waals surface area contributed by atoms with Crippen LogP contribution in [0.1, 0.15) is 59.6 Å². The molecule has 7 heteroatoms. The van der Waals surface area contributed by atoms with Gasteiger partial charge in [-0.2, -0.15) is 0 Å². The second-order valence-corrected chi connectivity index (χ2v) is 10.5. The normalized spacial score (nSPS) is 19.9. The Balaban J connectivity index is 0.00000364. The van der Waals surface area contributed by atoms with E-state index in [1.54, 1.807) is 0 Å². The largest absolute Gasteiger partial charge is 0.487 e. The molecule has 0 radical (unpaired) electrons. The fourth-order valence-electron chi connectivity index (χ4n) is 2.96. The van der Waals surface area contributed by atoms with E-state index in [1.165, 1.54) is 0 Å². The van der Waals surface area contributed by atoms with Crippen LogP contribution in [0.3, 0.4) is 0 Å². The molecule has 0 aliphatic carbocycles. The average Bonchev–Trinajstić information content (AvgIpc) is 2.53. The average molecular weight is 507 g/mol. The number of benzene rings is 1. The molecule has 0 saturated carbocycles. The summed E-state index contributed by atoms with van der Waals surface area (Å²) >= 11 is 0. The molecule has 1 aliphatic rings. The molecule has 0 amide bonds. The van der Waals surface area contributed by atoms with Crippen molar-refractivity contribution in [3.05, 3.63) is 29.8 Å². The number of para-hydroxylation sites is 1. The Labute approximate surface area is 183 Å². The van der Waals surface area contributed by atoms with Gasteiger partial charge < -0.3 is 15.4 Å². The molecule has 154 valence electrons. The summed E-state index contributed by atoms with van der Waals surface area (Å²) < 4.78 is 18.1. The number of fused-ring (bicyclic) bond motifs is 1. The third-order valence-corrected chi connectivity index (χ3v) is 6.18. The number of guanidine groups is 1. The minimum absolute atomic E-state index is 0. The van der Waals surface area contributed by atoms with Gasteiger partial charge in [0.2, 0.25) is 0 Å². The molecule has 0 bridgehead atoms. The molecule has 0 spiro atoms. The van der Waals surface area contributed by atoms with Crippen molar-refractivity contribution >= 4 is 40.7 Å². The van der Waals surface area contributed by atoms with Gasteiger partial charge in [0.1, 0.15) is 11.4 Å². The van der Waals surface area contributed by atoms with Crippen molar-refractivity contribution in [2.45, 2.75) is 64.4 Å². The minimum atomic E-state index is -0.896. The van der Waals surface area contributed by atoms with E-state index in [4.69, 9.17) is 4.74 Å². The first-order valence-electron chi connectivity index (χ1n) is 9.33. The van der Waals surface area contributed by atoms with Crippen LogP contribution in [0, 0.1) is 0 Å². The molecular weight excluding hydrogens is 473 g/mol. The van der Waals surface area contributed by atoms with Gasteiger partial charge in [0.05, 0.1) is 12.6 Å². The van der Waals surface area contributed by atoms with Gasteiger partial charge in [-0.3, -0.25) is 9.20 Å². The van der Waals surface area contributed by atoms with Crippen LogP contribution in [0.25, 0.3) is 0 Å². The van der Waals surface area contributed by atoms with E-state index in [9.17, 15) is 4.21 Å². The lowest BCUT2D eigenvalue weighted by Gasteiger charge is -2.38. The van der Waals surface area contributed by atoms with Crippen LogP contribution in [0.2, 0.25) is 0 Å². The monoisotopic (exact) mass is 507 g/mol. The van der Waals surface area contributed by atoms with Crippen molar-refractivity contribution in [2.75, 3.05) is 18.8 Å². The summed E-state index contributed by atoms with van der Waals surface area (Å²) in [6, 6.07) is 8.27. The molecule has 2 rings (SSSR count). The number of aliphatic imine (C=N–C) groups is 1. The maximum atomic E-state index is 12.2. The van der Waals surface area contributed by atoms with Crippen molar-refractivity contribution < 1.29 is 8.95 Å². The molecular formula is C20H34IN3O2S. The van der Waals surface area contributed by atoms with E-state index in [2.05, 4.69) is 35.5 Å². The third-order valence-electron chi connectivity index (χ3n) is 4.26. The summed E-state index contributed by atoms with van der Waals surface area (Å²) in [6.07, 6.45) is 0.850. The molecule has 0 fully saturated rings. The standard InChI is InChI=1S/C20H33N3O2S.HI/c1-7-21-18(22-12-13-26(24)19(2,3)4)23-16-14-20(5,6)25-17-11-9-8-10-15(16)17;/h8-11,16H,7,12-14H2,1-6H3,(H2,21,22,23);1H. The van der Waals surface area contributed by atoms with E-state index in [-0.39, 0.29) is 40.4 Å². The summed E-state index contributed by atoms with van der Waals surface area (Å²) in [7, 11) is -0.896. The molecule has 1 aliphatic heterocycles. The van der Waals surface area contributed by atoms with Crippen LogP contribution in [-0.4, -0.2) is 39.4 Å². The molecule has 5 nitrogen and oxygen atoms in total. The fraction of sp³-hybridized carbons (Fsp3) is 0.650. The van der Waals surface area contributed by atoms with Crippen molar-refractivity contribution in [1.82, 2.24) is 10.6 Å². The van der Waals surface area contributed by atoms with Crippen LogP contribution in [0.15, 0.2) is 29.3 Å². The first-order valence-corrected chi connectivity index (χ1v) is 10.7. The smallest absolute Gasteiger partial charge is 0.191 e. The second kappa shape index (κ2) is 10.1. The summed E-state index contributed by atoms with van der Waals surface area (Å²) in [6.45, 7) is 13.6. The Kier molecular flexibility index (Phi) is 9.05. The molecule has 0 aromatic heterocycles. The molecule has 2 N–H and O–H groups in total. The number of hydrogen-bond acceptors (Lipinski definition) is 3. The Morgan fingerprint density at radius 1 is 1.33 bits per heavy atom. The van der Waals surface area contributed by atoms with E-state index in [1.807, 2.05) is 45.9 Å². The summed E-state index contributed by atoms with van der Waals surface area (Å²) in [5.41, 5.74) is 0.910. The number of nitrogens with one attached hydrogen (secondary N) is 2. The van der Waals surface area contributed by atoms with E-state index in [0.29, 0.717) is 12.3 Å². The van der Waals surface area contributed by atoms with Gasteiger partial charge in [-0.1, -0.05) is 18.2 Å². The third kappa shape index (κ3) is 7.25. The summed E-state index contributed by atoms with van der Waals surface area (Å²) in [5.74, 6) is 2.25. The molecule has 2 atom stereocenters. The van der Waals surface area contributed by atoms with Crippen LogP contribution >= 0.6 is 24.0 Å². The molecule has 1 heterocycles. The highest BCUT2D eigenvalue weighted by atomic mass is 127. The minimum Gasteiger partial charge on any atom is -0.487 e. The van der Waals surface area contributed by atoms with E-state index >= 15 is 0 Å². The first kappa shape index (κ1) is 24.2. The summed E-state index contributed by atoms with van der Waals surface area (Å²) in [4.78, 5) is 4.64. The zero-order valence-corrected chi connectivity index (χ0v) is 20.4. The van der Waals surface area contributed by atoms with Crippen LogP contribution in [-0.2, 0) is 10.8 Å². The number of rotatable bonds is 5. The van der Waals surface area contributed by atoms with Crippen LogP contribution in [0.4, 0.5) is 0 Å². The molecule has 1 aromatic carbocycles. The van der Waals surface area contributed by atoms with Gasteiger partial charge in [-0.05, 0) is 47.6 Å². The van der Waals surface area contributed by atoms with Gasteiger partial charge in [0.25, 0.3) is 0 Å². The number of hydrogen-bond donors (Lipinski definition) is 2. The zero-order valence-electron chi connectivity index (χ0n) is 17.3. The van der Waals surface area contributed by atoms with Gasteiger partial charge in [-0.15, -0.1) is 24.0 Å². The first-order chi connectivity index (χ1) is 12.1. The van der Waals surface area contributed by atoms with Gasteiger partial charge in [0, 0.05) is 39.8 Å². The molecule has 2 unspecified atom stereocenters. The highest BCUT2D eigenvalue weighted by Gasteiger charge is 2.34. The predicted molar refractivity (Wildman–Crippen MR) is 126 cm³/mol. The summed E-state index contributed by atoms with van der Waals surface area (Å²) in [5, 5.41) is 6.84. The lowest BCUT2D eigenvalue weighted by molar-refractivity contribution is 0.0694. The van der Waals surface area contributed by atoms with Crippen molar-refractivity contribution in [3.63, 3.8) is 0 Å². The highest BCUT2D eigenvalue weighted by molar-refractivity contribution is 14.0.